The van der Waals surface area contributed by atoms with Crippen LogP contribution in [-0.2, 0) is 9.59 Å². The zero-order valence-corrected chi connectivity index (χ0v) is 18.8. The zero-order valence-electron chi connectivity index (χ0n) is 18.8. The smallest absolute Gasteiger partial charge is 0.243 e. The summed E-state index contributed by atoms with van der Waals surface area (Å²) < 4.78 is 9.06. The predicted octanol–water partition coefficient (Wildman–Crippen LogP) is 1.93. The molecule has 4 heterocycles. The van der Waals surface area contributed by atoms with Gasteiger partial charge in [0.05, 0.1) is 25.5 Å². The quantitative estimate of drug-likeness (QED) is 0.563. The molecule has 10 nitrogen and oxygen atoms in total. The Bertz CT molecular complexity index is 1310. The number of pyridine rings is 1. The van der Waals surface area contributed by atoms with Crippen molar-refractivity contribution in [3.8, 4) is 22.9 Å². The van der Waals surface area contributed by atoms with Gasteiger partial charge in [-0.1, -0.05) is 6.58 Å². The lowest BCUT2D eigenvalue weighted by atomic mass is 9.79. The third kappa shape index (κ3) is 3.79. The van der Waals surface area contributed by atoms with Gasteiger partial charge >= 0.3 is 0 Å². The average molecular weight is 460 g/mol. The molecule has 0 unspecified atom stereocenters. The molecule has 1 N–H and O–H groups in total. The van der Waals surface area contributed by atoms with Crippen molar-refractivity contribution in [3.05, 3.63) is 49.1 Å². The summed E-state index contributed by atoms with van der Waals surface area (Å²) in [5.41, 5.74) is 2.86. The molecule has 1 aliphatic heterocycles. The third-order valence-corrected chi connectivity index (χ3v) is 6.72. The van der Waals surface area contributed by atoms with E-state index in [0.717, 1.165) is 17.5 Å². The van der Waals surface area contributed by atoms with E-state index >= 15 is 0 Å². The highest BCUT2D eigenvalue weighted by molar-refractivity contribution is 5.87. The van der Waals surface area contributed by atoms with Gasteiger partial charge in [-0.25, -0.2) is 4.52 Å². The van der Waals surface area contributed by atoms with Crippen molar-refractivity contribution in [2.45, 2.75) is 31.3 Å². The lowest BCUT2D eigenvalue weighted by Gasteiger charge is -2.36. The molecule has 1 saturated carbocycles. The van der Waals surface area contributed by atoms with Gasteiger partial charge in [0.2, 0.25) is 11.8 Å². The maximum Gasteiger partial charge on any atom is 0.243 e. The van der Waals surface area contributed by atoms with E-state index in [4.69, 9.17) is 4.74 Å². The van der Waals surface area contributed by atoms with Crippen LogP contribution in [0.2, 0.25) is 0 Å². The molecular formula is C24H25N7O3. The van der Waals surface area contributed by atoms with Gasteiger partial charge < -0.3 is 15.0 Å². The number of fused-ring (bicyclic) bond motifs is 1. The molecule has 5 rings (SSSR count). The molecule has 2 amide bonds. The molecule has 0 radical (unpaired) electrons. The van der Waals surface area contributed by atoms with Gasteiger partial charge in [-0.15, -0.1) is 0 Å². The van der Waals surface area contributed by atoms with Crippen molar-refractivity contribution in [3.63, 3.8) is 0 Å². The Morgan fingerprint density at radius 2 is 2.09 bits per heavy atom. The molecule has 1 atom stereocenters. The molecule has 174 valence electrons. The topological polar surface area (TPSA) is 118 Å². The van der Waals surface area contributed by atoms with E-state index in [1.165, 1.54) is 12.3 Å². The monoisotopic (exact) mass is 459 g/mol. The van der Waals surface area contributed by atoms with Crippen LogP contribution >= 0.6 is 0 Å². The van der Waals surface area contributed by atoms with Gasteiger partial charge in [0, 0.05) is 48.6 Å². The number of carbonyl (C=O) groups excluding carboxylic acids is 2. The number of aromatic nitrogens is 4. The molecule has 2 fully saturated rings. The van der Waals surface area contributed by atoms with E-state index < -0.39 is 0 Å². The summed E-state index contributed by atoms with van der Waals surface area (Å²) in [6.45, 7) is 4.77. The minimum Gasteiger partial charge on any atom is -0.494 e. The molecule has 1 aliphatic carbocycles. The minimum absolute atomic E-state index is 0.0337. The standard InChI is InChI=1S/C24H25N7O3/c1-3-22(32)28-19-6-15(7-19)24(33)29-5-4-20(14-29)30-13-18(11-26-30)16-8-21(34-2)23-17(9-25)10-27-31(23)12-16/h3,8,10-13,15,19-20H,1,4-7,14H2,2H3,(H,28,32)/t15-,19+,20-/m1/s1. The molecule has 10 heteroatoms. The van der Waals surface area contributed by atoms with E-state index in [1.807, 2.05) is 28.0 Å². The van der Waals surface area contributed by atoms with Crippen LogP contribution in [-0.4, -0.2) is 62.3 Å². The zero-order chi connectivity index (χ0) is 23.8. The first-order valence-electron chi connectivity index (χ1n) is 11.2. The number of nitrogens with one attached hydrogen (secondary N) is 1. The van der Waals surface area contributed by atoms with Crippen molar-refractivity contribution in [1.82, 2.24) is 29.6 Å². The Kier molecular flexibility index (Phi) is 5.53. The second kappa shape index (κ2) is 8.67. The van der Waals surface area contributed by atoms with Crippen LogP contribution in [0.25, 0.3) is 16.6 Å². The van der Waals surface area contributed by atoms with Crippen LogP contribution < -0.4 is 10.1 Å². The summed E-state index contributed by atoms with van der Waals surface area (Å²) in [6, 6.07) is 4.17. The van der Waals surface area contributed by atoms with Crippen LogP contribution in [0.1, 0.15) is 30.9 Å². The van der Waals surface area contributed by atoms with Crippen molar-refractivity contribution >= 4 is 17.3 Å². The Morgan fingerprint density at radius 3 is 2.82 bits per heavy atom. The Labute approximate surface area is 196 Å². The van der Waals surface area contributed by atoms with E-state index in [2.05, 4.69) is 28.2 Å². The summed E-state index contributed by atoms with van der Waals surface area (Å²) in [5.74, 6) is 0.497. The number of ether oxygens (including phenoxy) is 1. The molecule has 0 aromatic carbocycles. The van der Waals surface area contributed by atoms with Gasteiger partial charge in [0.25, 0.3) is 0 Å². The molecular weight excluding hydrogens is 434 g/mol. The number of rotatable bonds is 6. The lowest BCUT2D eigenvalue weighted by molar-refractivity contribution is -0.138. The lowest BCUT2D eigenvalue weighted by Crippen LogP contribution is -2.49. The maximum absolute atomic E-state index is 12.9. The Morgan fingerprint density at radius 1 is 1.26 bits per heavy atom. The van der Waals surface area contributed by atoms with Crippen LogP contribution in [0.3, 0.4) is 0 Å². The molecule has 3 aromatic heterocycles. The first kappa shape index (κ1) is 21.7. The highest BCUT2D eigenvalue weighted by Crippen LogP contribution is 2.33. The van der Waals surface area contributed by atoms with Crippen molar-refractivity contribution in [2.24, 2.45) is 5.92 Å². The first-order chi connectivity index (χ1) is 16.5. The normalized spacial score (nSPS) is 21.6. The van der Waals surface area contributed by atoms with E-state index in [9.17, 15) is 14.9 Å². The van der Waals surface area contributed by atoms with Crippen LogP contribution in [0.15, 0.2) is 43.5 Å². The van der Waals surface area contributed by atoms with Crippen LogP contribution in [0.5, 0.6) is 5.75 Å². The first-order valence-corrected chi connectivity index (χ1v) is 11.2. The second-order valence-electron chi connectivity index (χ2n) is 8.77. The molecule has 2 aliphatic rings. The predicted molar refractivity (Wildman–Crippen MR) is 123 cm³/mol. The summed E-state index contributed by atoms with van der Waals surface area (Å²) in [5, 5.41) is 21.0. The number of amides is 2. The fraction of sp³-hybridized carbons (Fsp3) is 0.375. The van der Waals surface area contributed by atoms with E-state index in [1.54, 1.807) is 17.8 Å². The average Bonchev–Trinajstić information content (AvgIpc) is 3.58. The van der Waals surface area contributed by atoms with Gasteiger partial charge in [-0.3, -0.25) is 14.3 Å². The fourth-order valence-electron chi connectivity index (χ4n) is 4.78. The molecule has 3 aromatic rings. The number of carbonyl (C=O) groups is 2. The number of nitrogens with zero attached hydrogens (tertiary/aromatic N) is 6. The van der Waals surface area contributed by atoms with Crippen molar-refractivity contribution in [1.29, 1.82) is 5.26 Å². The number of hydrogen-bond acceptors (Lipinski definition) is 6. The van der Waals surface area contributed by atoms with Crippen LogP contribution in [0.4, 0.5) is 0 Å². The fourth-order valence-corrected chi connectivity index (χ4v) is 4.78. The van der Waals surface area contributed by atoms with Crippen LogP contribution in [0, 0.1) is 17.2 Å². The second-order valence-corrected chi connectivity index (χ2v) is 8.77. The van der Waals surface area contributed by atoms with Gasteiger partial charge in [0.15, 0.2) is 0 Å². The van der Waals surface area contributed by atoms with E-state index in [0.29, 0.717) is 42.8 Å². The maximum atomic E-state index is 12.9. The van der Waals surface area contributed by atoms with Gasteiger partial charge in [-0.05, 0) is 31.4 Å². The molecule has 34 heavy (non-hydrogen) atoms. The van der Waals surface area contributed by atoms with E-state index in [-0.39, 0.29) is 29.8 Å². The minimum atomic E-state index is -0.193. The third-order valence-electron chi connectivity index (χ3n) is 6.72. The number of hydrogen-bond donors (Lipinski definition) is 1. The Hall–Kier alpha value is -4.13. The van der Waals surface area contributed by atoms with Crippen molar-refractivity contribution < 1.29 is 14.3 Å². The SMILES string of the molecule is C=CC(=O)N[C@H]1C[C@@H](C(=O)N2CC[C@@H](n3cc(-c4cc(OC)c5c(C#N)cnn5c4)cn3)C2)C1. The van der Waals surface area contributed by atoms with Crippen molar-refractivity contribution in [2.75, 3.05) is 20.2 Å². The van der Waals surface area contributed by atoms with Gasteiger partial charge in [-0.2, -0.15) is 15.5 Å². The van der Waals surface area contributed by atoms with Gasteiger partial charge in [0.1, 0.15) is 22.9 Å². The molecule has 1 saturated heterocycles. The number of likely N-dealkylation sites (tertiary alicyclic amines) is 1. The largest absolute Gasteiger partial charge is 0.494 e. The summed E-state index contributed by atoms with van der Waals surface area (Å²) in [4.78, 5) is 26.2. The number of methoxy groups -OCH3 is 1. The molecule has 0 bridgehead atoms. The highest BCUT2D eigenvalue weighted by Gasteiger charge is 2.39. The summed E-state index contributed by atoms with van der Waals surface area (Å²) in [7, 11) is 1.57. The highest BCUT2D eigenvalue weighted by atomic mass is 16.5. The summed E-state index contributed by atoms with van der Waals surface area (Å²) in [6.07, 6.45) is 10.6. The number of nitriles is 1. The Balaban J connectivity index is 1.25. The summed E-state index contributed by atoms with van der Waals surface area (Å²) >= 11 is 0. The molecule has 0 spiro atoms.